The van der Waals surface area contributed by atoms with Gasteiger partial charge in [0.25, 0.3) is 0 Å². The van der Waals surface area contributed by atoms with Crippen LogP contribution in [0.4, 0.5) is 5.82 Å². The van der Waals surface area contributed by atoms with Crippen molar-refractivity contribution in [2.75, 3.05) is 12.4 Å². The van der Waals surface area contributed by atoms with Crippen LogP contribution >= 0.6 is 0 Å². The molecule has 0 aliphatic rings. The molecule has 0 saturated carbocycles. The van der Waals surface area contributed by atoms with Crippen LogP contribution in [-0.2, 0) is 0 Å². The lowest BCUT2D eigenvalue weighted by molar-refractivity contribution is 0.747. The van der Waals surface area contributed by atoms with Crippen LogP contribution in [0, 0.1) is 6.92 Å². The molecular weight excluding hydrogens is 176 g/mol. The molecule has 1 heterocycles. The van der Waals surface area contributed by atoms with Gasteiger partial charge in [0.2, 0.25) is 0 Å². The Hall–Kier alpha value is -1.84. The van der Waals surface area contributed by atoms with E-state index in [2.05, 4.69) is 15.5 Å². The summed E-state index contributed by atoms with van der Waals surface area (Å²) in [6.07, 6.45) is 0. The van der Waals surface area contributed by atoms with Crippen molar-refractivity contribution >= 4 is 5.82 Å². The molecule has 0 aliphatic carbocycles. The fraction of sp³-hybridized carbons (Fsp3) is 0.200. The molecular formula is C10H12N4. The maximum absolute atomic E-state index is 4.29. The van der Waals surface area contributed by atoms with Gasteiger partial charge >= 0.3 is 0 Å². The molecule has 4 nitrogen and oxygen atoms in total. The van der Waals surface area contributed by atoms with Crippen molar-refractivity contribution in [2.45, 2.75) is 6.92 Å². The second-order valence-corrected chi connectivity index (χ2v) is 3.01. The molecule has 0 bridgehead atoms. The van der Waals surface area contributed by atoms with Gasteiger partial charge in [-0.1, -0.05) is 18.2 Å². The minimum Gasteiger partial charge on any atom is -0.370 e. The molecule has 0 radical (unpaired) electrons. The van der Waals surface area contributed by atoms with Crippen molar-refractivity contribution in [3.05, 3.63) is 36.0 Å². The second-order valence-electron chi connectivity index (χ2n) is 3.01. The smallest absolute Gasteiger partial charge is 0.171 e. The van der Waals surface area contributed by atoms with Crippen molar-refractivity contribution in [3.63, 3.8) is 0 Å². The third-order valence-electron chi connectivity index (χ3n) is 2.01. The zero-order valence-electron chi connectivity index (χ0n) is 8.23. The Morgan fingerprint density at radius 3 is 2.43 bits per heavy atom. The average Bonchev–Trinajstić information content (AvgIpc) is 2.61. The number of aryl methyl sites for hydroxylation is 1. The standard InChI is InChI=1S/C10H12N4/c1-8-10(11-2)13-14(12-8)9-6-4-3-5-7-9/h3-7H,1-2H3,(H,11,13). The third-order valence-corrected chi connectivity index (χ3v) is 2.01. The number of hydrogen-bond acceptors (Lipinski definition) is 3. The van der Waals surface area contributed by atoms with Crippen LogP contribution in [-0.4, -0.2) is 22.0 Å². The van der Waals surface area contributed by atoms with Crippen LogP contribution in [0.3, 0.4) is 0 Å². The molecule has 14 heavy (non-hydrogen) atoms. The number of hydrogen-bond donors (Lipinski definition) is 1. The Bertz CT molecular complexity index is 419. The summed E-state index contributed by atoms with van der Waals surface area (Å²) in [5.41, 5.74) is 1.87. The summed E-state index contributed by atoms with van der Waals surface area (Å²) >= 11 is 0. The molecule has 0 amide bonds. The van der Waals surface area contributed by atoms with Crippen molar-refractivity contribution in [1.29, 1.82) is 0 Å². The molecule has 0 unspecified atom stereocenters. The summed E-state index contributed by atoms with van der Waals surface area (Å²) in [6, 6.07) is 9.84. The quantitative estimate of drug-likeness (QED) is 0.778. The van der Waals surface area contributed by atoms with Crippen LogP contribution in [0.2, 0.25) is 0 Å². The number of para-hydroxylation sites is 1. The normalized spacial score (nSPS) is 10.1. The monoisotopic (exact) mass is 188 g/mol. The van der Waals surface area contributed by atoms with E-state index >= 15 is 0 Å². The summed E-state index contributed by atoms with van der Waals surface area (Å²) in [7, 11) is 1.84. The molecule has 0 fully saturated rings. The predicted octanol–water partition coefficient (Wildman–Crippen LogP) is 1.62. The third kappa shape index (κ3) is 1.46. The van der Waals surface area contributed by atoms with Gasteiger partial charge in [-0.3, -0.25) is 0 Å². The van der Waals surface area contributed by atoms with Gasteiger partial charge in [-0.25, -0.2) is 0 Å². The van der Waals surface area contributed by atoms with Crippen LogP contribution in [0.5, 0.6) is 0 Å². The summed E-state index contributed by atoms with van der Waals surface area (Å²) in [5.74, 6) is 0.814. The van der Waals surface area contributed by atoms with E-state index < -0.39 is 0 Å². The van der Waals surface area contributed by atoms with E-state index in [-0.39, 0.29) is 0 Å². The van der Waals surface area contributed by atoms with E-state index in [1.807, 2.05) is 44.3 Å². The van der Waals surface area contributed by atoms with Crippen molar-refractivity contribution in [2.24, 2.45) is 0 Å². The molecule has 1 aromatic heterocycles. The fourth-order valence-corrected chi connectivity index (χ4v) is 1.29. The van der Waals surface area contributed by atoms with Crippen molar-refractivity contribution in [1.82, 2.24) is 15.0 Å². The minimum atomic E-state index is 0.814. The molecule has 2 rings (SSSR count). The lowest BCUT2D eigenvalue weighted by Gasteiger charge is -1.96. The highest BCUT2D eigenvalue weighted by Crippen LogP contribution is 2.10. The second kappa shape index (κ2) is 3.49. The van der Waals surface area contributed by atoms with Crippen molar-refractivity contribution in [3.8, 4) is 5.69 Å². The Balaban J connectivity index is 2.43. The van der Waals surface area contributed by atoms with Gasteiger partial charge in [-0.2, -0.15) is 5.10 Å². The first-order valence-electron chi connectivity index (χ1n) is 4.48. The maximum atomic E-state index is 4.29. The van der Waals surface area contributed by atoms with Gasteiger partial charge in [0.15, 0.2) is 5.82 Å². The Morgan fingerprint density at radius 2 is 1.86 bits per heavy atom. The van der Waals surface area contributed by atoms with Gasteiger partial charge in [0, 0.05) is 7.05 Å². The number of aromatic nitrogens is 3. The van der Waals surface area contributed by atoms with E-state index in [0.717, 1.165) is 17.2 Å². The molecule has 1 aromatic carbocycles. The zero-order valence-corrected chi connectivity index (χ0v) is 8.23. The highest BCUT2D eigenvalue weighted by Gasteiger charge is 2.05. The summed E-state index contributed by atoms with van der Waals surface area (Å²) in [5, 5.41) is 11.6. The molecule has 0 atom stereocenters. The van der Waals surface area contributed by atoms with Gasteiger partial charge in [-0.15, -0.1) is 9.90 Å². The van der Waals surface area contributed by atoms with Gasteiger partial charge < -0.3 is 5.32 Å². The van der Waals surface area contributed by atoms with Gasteiger partial charge in [0.05, 0.1) is 5.69 Å². The number of nitrogens with one attached hydrogen (secondary N) is 1. The first-order valence-corrected chi connectivity index (χ1v) is 4.48. The summed E-state index contributed by atoms with van der Waals surface area (Å²) in [4.78, 5) is 1.63. The van der Waals surface area contributed by atoms with E-state index in [1.165, 1.54) is 0 Å². The van der Waals surface area contributed by atoms with E-state index in [0.29, 0.717) is 0 Å². The summed E-state index contributed by atoms with van der Waals surface area (Å²) < 4.78 is 0. The largest absolute Gasteiger partial charge is 0.370 e. The van der Waals surface area contributed by atoms with E-state index in [9.17, 15) is 0 Å². The molecule has 0 saturated heterocycles. The molecule has 4 heteroatoms. The average molecular weight is 188 g/mol. The fourth-order valence-electron chi connectivity index (χ4n) is 1.29. The molecule has 2 aromatic rings. The molecule has 72 valence electrons. The number of nitrogens with zero attached hydrogens (tertiary/aromatic N) is 3. The number of anilines is 1. The Kier molecular flexibility index (Phi) is 2.18. The Labute approximate surface area is 82.6 Å². The lowest BCUT2D eigenvalue weighted by Crippen LogP contribution is -1.98. The molecule has 1 N–H and O–H groups in total. The highest BCUT2D eigenvalue weighted by molar-refractivity contribution is 5.39. The minimum absolute atomic E-state index is 0.814. The van der Waals surface area contributed by atoms with Gasteiger partial charge in [0.1, 0.15) is 5.69 Å². The summed E-state index contributed by atoms with van der Waals surface area (Å²) in [6.45, 7) is 1.93. The van der Waals surface area contributed by atoms with E-state index in [4.69, 9.17) is 0 Å². The molecule has 0 aliphatic heterocycles. The zero-order chi connectivity index (χ0) is 9.97. The van der Waals surface area contributed by atoms with E-state index in [1.54, 1.807) is 4.80 Å². The lowest BCUT2D eigenvalue weighted by atomic mass is 10.3. The maximum Gasteiger partial charge on any atom is 0.171 e. The predicted molar refractivity (Wildman–Crippen MR) is 55.6 cm³/mol. The Morgan fingerprint density at radius 1 is 1.14 bits per heavy atom. The SMILES string of the molecule is CNc1nn(-c2ccccc2)nc1C. The number of rotatable bonds is 2. The highest BCUT2D eigenvalue weighted by atomic mass is 15.5. The van der Waals surface area contributed by atoms with Crippen LogP contribution < -0.4 is 5.32 Å². The molecule has 0 spiro atoms. The number of benzene rings is 1. The van der Waals surface area contributed by atoms with Crippen LogP contribution in [0.25, 0.3) is 5.69 Å². The first-order chi connectivity index (χ1) is 6.81. The van der Waals surface area contributed by atoms with Crippen molar-refractivity contribution < 1.29 is 0 Å². The van der Waals surface area contributed by atoms with Crippen LogP contribution in [0.1, 0.15) is 5.69 Å². The van der Waals surface area contributed by atoms with Gasteiger partial charge in [-0.05, 0) is 19.1 Å². The topological polar surface area (TPSA) is 42.7 Å². The van der Waals surface area contributed by atoms with Crippen LogP contribution in [0.15, 0.2) is 30.3 Å². The first kappa shape index (κ1) is 8.74.